The zero-order chi connectivity index (χ0) is 21.8. The molecule has 7 nitrogen and oxygen atoms in total. The van der Waals surface area contributed by atoms with Crippen molar-refractivity contribution in [3.8, 4) is 5.75 Å². The van der Waals surface area contributed by atoms with Crippen molar-refractivity contribution in [2.45, 2.75) is 26.4 Å². The summed E-state index contributed by atoms with van der Waals surface area (Å²) in [5, 5.41) is 12.6. The number of para-hydroxylation sites is 2. The Morgan fingerprint density at radius 3 is 2.45 bits per heavy atom. The highest BCUT2D eigenvalue weighted by atomic mass is 19.1. The molecule has 0 unspecified atom stereocenters. The van der Waals surface area contributed by atoms with E-state index in [-0.39, 0.29) is 11.9 Å². The lowest BCUT2D eigenvalue weighted by molar-refractivity contribution is -0.937. The normalized spacial score (nSPS) is 16.0. The van der Waals surface area contributed by atoms with Crippen LogP contribution in [0.3, 0.4) is 0 Å². The fourth-order valence-corrected chi connectivity index (χ4v) is 4.50. The van der Waals surface area contributed by atoms with Crippen LogP contribution in [0.5, 0.6) is 5.75 Å². The first-order valence-electron chi connectivity index (χ1n) is 10.8. The van der Waals surface area contributed by atoms with Gasteiger partial charge in [0, 0.05) is 5.92 Å². The van der Waals surface area contributed by atoms with Crippen molar-refractivity contribution < 1.29 is 14.0 Å². The van der Waals surface area contributed by atoms with E-state index in [2.05, 4.69) is 46.4 Å². The van der Waals surface area contributed by atoms with Gasteiger partial charge in [0.15, 0.2) is 6.04 Å². The van der Waals surface area contributed by atoms with Crippen LogP contribution < -0.4 is 14.5 Å². The fraction of sp³-hybridized carbons (Fsp3) is 0.435. The Labute approximate surface area is 182 Å². The lowest BCUT2D eigenvalue weighted by Crippen LogP contribution is -3.15. The zero-order valence-corrected chi connectivity index (χ0v) is 18.3. The van der Waals surface area contributed by atoms with Gasteiger partial charge in [0.2, 0.25) is 5.82 Å². The van der Waals surface area contributed by atoms with E-state index in [1.165, 1.54) is 17.0 Å². The first-order chi connectivity index (χ1) is 15.1. The zero-order valence-electron chi connectivity index (χ0n) is 18.3. The number of quaternary nitrogens is 1. The highest BCUT2D eigenvalue weighted by Gasteiger charge is 2.35. The van der Waals surface area contributed by atoms with Gasteiger partial charge in [-0.3, -0.25) is 0 Å². The van der Waals surface area contributed by atoms with Crippen LogP contribution >= 0.6 is 0 Å². The quantitative estimate of drug-likeness (QED) is 0.627. The number of piperazine rings is 1. The van der Waals surface area contributed by atoms with Crippen molar-refractivity contribution in [2.24, 2.45) is 5.92 Å². The molecule has 0 radical (unpaired) electrons. The molecule has 0 aliphatic carbocycles. The molecule has 3 aromatic rings. The standard InChI is InChI=1S/C23H29FN6O/c1-17(2)22(23-25-26-27-30(23)16-18-8-10-19(24)11-9-18)29-14-12-28(13-15-29)20-6-4-5-7-21(20)31-3/h4-11,17,22H,12-16H2,1-3H3/p+1/t22-/m0/s1. The molecule has 0 amide bonds. The number of hydrogen-bond donors (Lipinski definition) is 1. The topological polar surface area (TPSA) is 60.5 Å². The van der Waals surface area contributed by atoms with Gasteiger partial charge in [-0.1, -0.05) is 38.1 Å². The average molecular weight is 426 g/mol. The molecule has 4 rings (SSSR count). The second-order valence-corrected chi connectivity index (χ2v) is 8.36. The SMILES string of the molecule is COc1ccccc1N1CC[NH+]([C@H](c2nnnn2Cc2ccc(F)cc2)C(C)C)CC1. The van der Waals surface area contributed by atoms with E-state index < -0.39 is 0 Å². The summed E-state index contributed by atoms with van der Waals surface area (Å²) in [6.45, 7) is 8.85. The summed E-state index contributed by atoms with van der Waals surface area (Å²) in [4.78, 5) is 3.87. The number of methoxy groups -OCH3 is 1. The van der Waals surface area contributed by atoms with E-state index in [1.54, 1.807) is 19.2 Å². The van der Waals surface area contributed by atoms with Crippen molar-refractivity contribution in [3.63, 3.8) is 0 Å². The third kappa shape index (κ3) is 4.69. The van der Waals surface area contributed by atoms with Gasteiger partial charge < -0.3 is 14.5 Å². The Hall–Kier alpha value is -3.00. The number of benzene rings is 2. The number of nitrogens with zero attached hydrogens (tertiary/aromatic N) is 5. The lowest BCUT2D eigenvalue weighted by Gasteiger charge is -2.38. The number of ether oxygens (including phenoxy) is 1. The summed E-state index contributed by atoms with van der Waals surface area (Å²) in [6.07, 6.45) is 0. The molecule has 8 heteroatoms. The number of tetrazole rings is 1. The Bertz CT molecular complexity index is 982. The van der Waals surface area contributed by atoms with Crippen molar-refractivity contribution in [1.29, 1.82) is 0 Å². The number of rotatable bonds is 7. The highest BCUT2D eigenvalue weighted by molar-refractivity contribution is 5.58. The van der Waals surface area contributed by atoms with Gasteiger partial charge in [0.05, 0.1) is 45.5 Å². The van der Waals surface area contributed by atoms with Gasteiger partial charge in [0.25, 0.3) is 0 Å². The minimum absolute atomic E-state index is 0.190. The summed E-state index contributed by atoms with van der Waals surface area (Å²) in [6, 6.07) is 14.9. The van der Waals surface area contributed by atoms with Gasteiger partial charge in [-0.15, -0.1) is 5.10 Å². The smallest absolute Gasteiger partial charge is 0.209 e. The first-order valence-corrected chi connectivity index (χ1v) is 10.8. The molecule has 0 spiro atoms. The first kappa shape index (κ1) is 21.2. The predicted octanol–water partition coefficient (Wildman–Crippen LogP) is 1.97. The monoisotopic (exact) mass is 425 g/mol. The van der Waals surface area contributed by atoms with Crippen LogP contribution in [0.15, 0.2) is 48.5 Å². The molecule has 1 fully saturated rings. The molecule has 1 aromatic heterocycles. The van der Waals surface area contributed by atoms with E-state index in [0.29, 0.717) is 12.5 Å². The van der Waals surface area contributed by atoms with E-state index in [1.807, 2.05) is 16.8 Å². The van der Waals surface area contributed by atoms with Crippen molar-refractivity contribution in [1.82, 2.24) is 20.2 Å². The number of aromatic nitrogens is 4. The molecule has 2 heterocycles. The van der Waals surface area contributed by atoms with Crippen molar-refractivity contribution >= 4 is 5.69 Å². The van der Waals surface area contributed by atoms with E-state index >= 15 is 0 Å². The van der Waals surface area contributed by atoms with Crippen LogP contribution in [0.2, 0.25) is 0 Å². The summed E-state index contributed by atoms with van der Waals surface area (Å²) < 4.78 is 20.7. The van der Waals surface area contributed by atoms with Crippen molar-refractivity contribution in [3.05, 3.63) is 65.7 Å². The van der Waals surface area contributed by atoms with Crippen LogP contribution in [-0.4, -0.2) is 53.5 Å². The van der Waals surface area contributed by atoms with E-state index in [9.17, 15) is 4.39 Å². The molecular weight excluding hydrogens is 395 g/mol. The second kappa shape index (κ2) is 9.43. The van der Waals surface area contributed by atoms with Crippen LogP contribution in [0.25, 0.3) is 0 Å². The maximum absolute atomic E-state index is 13.3. The molecule has 31 heavy (non-hydrogen) atoms. The van der Waals surface area contributed by atoms with Crippen LogP contribution in [0, 0.1) is 11.7 Å². The molecule has 1 N–H and O–H groups in total. The van der Waals surface area contributed by atoms with Gasteiger partial charge in [-0.05, 0) is 40.3 Å². The number of halogens is 1. The predicted molar refractivity (Wildman–Crippen MR) is 117 cm³/mol. The molecule has 164 valence electrons. The third-order valence-corrected chi connectivity index (χ3v) is 6.02. The Morgan fingerprint density at radius 2 is 1.77 bits per heavy atom. The largest absolute Gasteiger partial charge is 0.495 e. The molecule has 0 saturated carbocycles. The Balaban J connectivity index is 1.49. The Kier molecular flexibility index (Phi) is 6.46. The summed E-state index contributed by atoms with van der Waals surface area (Å²) >= 11 is 0. The minimum atomic E-state index is -0.238. The molecule has 1 aliphatic rings. The average Bonchev–Trinajstić information content (AvgIpc) is 3.23. The molecule has 0 bridgehead atoms. The van der Waals surface area contributed by atoms with E-state index in [0.717, 1.165) is 49.0 Å². The molecule has 1 aliphatic heterocycles. The summed E-state index contributed by atoms with van der Waals surface area (Å²) in [7, 11) is 1.72. The molecule has 2 aromatic carbocycles. The maximum Gasteiger partial charge on any atom is 0.209 e. The van der Waals surface area contributed by atoms with Crippen molar-refractivity contribution in [2.75, 3.05) is 38.2 Å². The van der Waals surface area contributed by atoms with Gasteiger partial charge in [-0.25, -0.2) is 9.07 Å². The minimum Gasteiger partial charge on any atom is -0.495 e. The van der Waals surface area contributed by atoms with Gasteiger partial charge >= 0.3 is 0 Å². The maximum atomic E-state index is 13.3. The second-order valence-electron chi connectivity index (χ2n) is 8.36. The van der Waals surface area contributed by atoms with Gasteiger partial charge in [-0.2, -0.15) is 0 Å². The lowest BCUT2D eigenvalue weighted by atomic mass is 10.0. The van der Waals surface area contributed by atoms with Crippen LogP contribution in [-0.2, 0) is 6.54 Å². The van der Waals surface area contributed by atoms with E-state index in [4.69, 9.17) is 4.74 Å². The summed E-state index contributed by atoms with van der Waals surface area (Å²) in [5.41, 5.74) is 2.12. The van der Waals surface area contributed by atoms with Crippen LogP contribution in [0.1, 0.15) is 31.3 Å². The third-order valence-electron chi connectivity index (χ3n) is 6.02. The fourth-order valence-electron chi connectivity index (χ4n) is 4.50. The number of hydrogen-bond acceptors (Lipinski definition) is 5. The Morgan fingerprint density at radius 1 is 1.06 bits per heavy atom. The van der Waals surface area contributed by atoms with Crippen LogP contribution in [0.4, 0.5) is 10.1 Å². The molecular formula is C23H30FN6O+. The molecule has 1 atom stereocenters. The number of nitrogens with one attached hydrogen (secondary N) is 1. The number of anilines is 1. The molecule has 1 saturated heterocycles. The highest BCUT2D eigenvalue weighted by Crippen LogP contribution is 2.27. The van der Waals surface area contributed by atoms with Gasteiger partial charge in [0.1, 0.15) is 11.6 Å². The summed E-state index contributed by atoms with van der Waals surface area (Å²) in [5.74, 6) is 1.94.